The fourth-order valence-corrected chi connectivity index (χ4v) is 1.11. The molecule has 0 unspecified atom stereocenters. The maximum Gasteiger partial charge on any atom is 0.0946 e. The molecule has 1 aromatic rings. The van der Waals surface area contributed by atoms with Gasteiger partial charge in [0.05, 0.1) is 6.33 Å². The van der Waals surface area contributed by atoms with E-state index in [1.165, 1.54) is 0 Å². The molecule has 0 radical (unpaired) electrons. The van der Waals surface area contributed by atoms with Crippen molar-refractivity contribution in [2.45, 2.75) is 19.4 Å². The van der Waals surface area contributed by atoms with Gasteiger partial charge in [-0.25, -0.2) is 4.98 Å². The average Bonchev–Trinajstić information content (AvgIpc) is 2.63. The Labute approximate surface area is 78.6 Å². The van der Waals surface area contributed by atoms with Crippen LogP contribution in [0.2, 0.25) is 0 Å². The van der Waals surface area contributed by atoms with Crippen LogP contribution in [0.15, 0.2) is 18.7 Å². The van der Waals surface area contributed by atoms with E-state index in [0.29, 0.717) is 6.61 Å². The summed E-state index contributed by atoms with van der Waals surface area (Å²) in [6, 6.07) is 0. The van der Waals surface area contributed by atoms with Gasteiger partial charge in [0.2, 0.25) is 0 Å². The zero-order valence-electron chi connectivity index (χ0n) is 7.82. The van der Waals surface area contributed by atoms with Crippen LogP contribution in [0.1, 0.15) is 12.8 Å². The Balaban J connectivity index is 1.90. The zero-order chi connectivity index (χ0) is 9.36. The van der Waals surface area contributed by atoms with Gasteiger partial charge in [-0.3, -0.25) is 0 Å². The monoisotopic (exact) mass is 183 g/mol. The molecule has 0 saturated carbocycles. The standard InChI is InChI=1S/C9H17N3O/c13-8-2-1-3-10-4-6-12-7-5-11-9-12/h5,7,9-10,13H,1-4,6,8H2. The summed E-state index contributed by atoms with van der Waals surface area (Å²) in [5, 5.41) is 11.8. The molecule has 0 spiro atoms. The third-order valence-corrected chi connectivity index (χ3v) is 1.87. The second kappa shape index (κ2) is 6.62. The molecule has 1 rings (SSSR count). The second-order valence-corrected chi connectivity index (χ2v) is 2.98. The highest BCUT2D eigenvalue weighted by molar-refractivity contribution is 4.73. The molecule has 0 saturated heterocycles. The molecule has 74 valence electrons. The Bertz CT molecular complexity index is 199. The Morgan fingerprint density at radius 3 is 2.92 bits per heavy atom. The predicted molar refractivity (Wildman–Crippen MR) is 51.4 cm³/mol. The van der Waals surface area contributed by atoms with Crippen LogP contribution >= 0.6 is 0 Å². The molecule has 1 heterocycles. The number of hydrogen-bond acceptors (Lipinski definition) is 3. The van der Waals surface area contributed by atoms with Gasteiger partial charge in [0, 0.05) is 32.1 Å². The van der Waals surface area contributed by atoms with E-state index in [4.69, 9.17) is 5.11 Å². The lowest BCUT2D eigenvalue weighted by molar-refractivity contribution is 0.283. The molecular weight excluding hydrogens is 166 g/mol. The third-order valence-electron chi connectivity index (χ3n) is 1.87. The summed E-state index contributed by atoms with van der Waals surface area (Å²) in [6.45, 7) is 3.19. The number of rotatable bonds is 7. The lowest BCUT2D eigenvalue weighted by Crippen LogP contribution is -2.20. The van der Waals surface area contributed by atoms with E-state index < -0.39 is 0 Å². The normalized spacial score (nSPS) is 10.5. The minimum atomic E-state index is 0.295. The van der Waals surface area contributed by atoms with Gasteiger partial charge in [-0.15, -0.1) is 0 Å². The van der Waals surface area contributed by atoms with Gasteiger partial charge in [-0.2, -0.15) is 0 Å². The van der Waals surface area contributed by atoms with Crippen LogP contribution in [0.3, 0.4) is 0 Å². The van der Waals surface area contributed by atoms with Gasteiger partial charge in [0.25, 0.3) is 0 Å². The summed E-state index contributed by atoms with van der Waals surface area (Å²) in [5.41, 5.74) is 0. The fraction of sp³-hybridized carbons (Fsp3) is 0.667. The van der Waals surface area contributed by atoms with Crippen LogP contribution in [-0.4, -0.2) is 34.4 Å². The van der Waals surface area contributed by atoms with E-state index in [9.17, 15) is 0 Å². The highest BCUT2D eigenvalue weighted by Crippen LogP contribution is 1.85. The molecule has 13 heavy (non-hydrogen) atoms. The summed E-state index contributed by atoms with van der Waals surface area (Å²) < 4.78 is 2.04. The number of hydrogen-bond donors (Lipinski definition) is 2. The van der Waals surface area contributed by atoms with Crippen LogP contribution < -0.4 is 5.32 Å². The number of unbranched alkanes of at least 4 members (excludes halogenated alkanes) is 1. The smallest absolute Gasteiger partial charge is 0.0946 e. The minimum absolute atomic E-state index is 0.295. The number of aliphatic hydroxyl groups excluding tert-OH is 1. The summed E-state index contributed by atoms with van der Waals surface area (Å²) in [4.78, 5) is 3.95. The number of aromatic nitrogens is 2. The largest absolute Gasteiger partial charge is 0.396 e. The van der Waals surface area contributed by atoms with Gasteiger partial charge >= 0.3 is 0 Å². The van der Waals surface area contributed by atoms with Crippen molar-refractivity contribution in [3.8, 4) is 0 Å². The maximum absolute atomic E-state index is 8.53. The van der Waals surface area contributed by atoms with Crippen molar-refractivity contribution in [2.75, 3.05) is 19.7 Å². The lowest BCUT2D eigenvalue weighted by atomic mass is 10.3. The summed E-state index contributed by atoms with van der Waals surface area (Å²) in [5.74, 6) is 0. The number of nitrogens with zero attached hydrogens (tertiary/aromatic N) is 2. The van der Waals surface area contributed by atoms with Gasteiger partial charge < -0.3 is 15.0 Å². The van der Waals surface area contributed by atoms with Gasteiger partial charge in [0.1, 0.15) is 0 Å². The molecule has 0 aromatic carbocycles. The molecule has 2 N–H and O–H groups in total. The van der Waals surface area contributed by atoms with Crippen LogP contribution in [0.5, 0.6) is 0 Å². The molecule has 0 bridgehead atoms. The first kappa shape index (κ1) is 10.2. The first-order chi connectivity index (χ1) is 6.43. The average molecular weight is 183 g/mol. The van der Waals surface area contributed by atoms with Crippen LogP contribution in [-0.2, 0) is 6.54 Å². The predicted octanol–water partition coefficient (Wildman–Crippen LogP) is 0.245. The van der Waals surface area contributed by atoms with Gasteiger partial charge in [-0.05, 0) is 19.4 Å². The van der Waals surface area contributed by atoms with E-state index in [-0.39, 0.29) is 0 Å². The van der Waals surface area contributed by atoms with Crippen molar-refractivity contribution in [1.82, 2.24) is 14.9 Å². The molecule has 0 fully saturated rings. The van der Waals surface area contributed by atoms with Crippen LogP contribution in [0, 0.1) is 0 Å². The molecule has 0 aliphatic heterocycles. The lowest BCUT2D eigenvalue weighted by Gasteiger charge is -2.04. The highest BCUT2D eigenvalue weighted by Gasteiger charge is 1.89. The summed E-state index contributed by atoms with van der Waals surface area (Å²) in [6.07, 6.45) is 7.48. The van der Waals surface area contributed by atoms with Crippen molar-refractivity contribution >= 4 is 0 Å². The first-order valence-corrected chi connectivity index (χ1v) is 4.71. The van der Waals surface area contributed by atoms with Crippen molar-refractivity contribution in [3.05, 3.63) is 18.7 Å². The Kier molecular flexibility index (Phi) is 5.20. The number of nitrogens with one attached hydrogen (secondary N) is 1. The first-order valence-electron chi connectivity index (χ1n) is 4.71. The molecule has 0 amide bonds. The Morgan fingerprint density at radius 2 is 2.23 bits per heavy atom. The molecule has 4 nitrogen and oxygen atoms in total. The SMILES string of the molecule is OCCCCNCCn1ccnc1. The minimum Gasteiger partial charge on any atom is -0.396 e. The van der Waals surface area contributed by atoms with E-state index >= 15 is 0 Å². The highest BCUT2D eigenvalue weighted by atomic mass is 16.2. The third kappa shape index (κ3) is 4.65. The Hall–Kier alpha value is -0.870. The molecule has 4 heteroatoms. The molecule has 1 aromatic heterocycles. The van der Waals surface area contributed by atoms with Crippen molar-refractivity contribution < 1.29 is 5.11 Å². The maximum atomic E-state index is 8.53. The van der Waals surface area contributed by atoms with E-state index in [2.05, 4.69) is 10.3 Å². The number of aliphatic hydroxyl groups is 1. The topological polar surface area (TPSA) is 50.1 Å². The molecular formula is C9H17N3O. The summed E-state index contributed by atoms with van der Waals surface area (Å²) >= 11 is 0. The fourth-order valence-electron chi connectivity index (χ4n) is 1.11. The van der Waals surface area contributed by atoms with Gasteiger partial charge in [-0.1, -0.05) is 0 Å². The second-order valence-electron chi connectivity index (χ2n) is 2.98. The van der Waals surface area contributed by atoms with Crippen molar-refractivity contribution in [2.24, 2.45) is 0 Å². The van der Waals surface area contributed by atoms with Gasteiger partial charge in [0.15, 0.2) is 0 Å². The van der Waals surface area contributed by atoms with E-state index in [1.54, 1.807) is 6.20 Å². The van der Waals surface area contributed by atoms with Crippen LogP contribution in [0.4, 0.5) is 0 Å². The van der Waals surface area contributed by atoms with Crippen LogP contribution in [0.25, 0.3) is 0 Å². The molecule has 0 aliphatic carbocycles. The number of imidazole rings is 1. The molecule has 0 atom stereocenters. The Morgan fingerprint density at radius 1 is 1.31 bits per heavy atom. The van der Waals surface area contributed by atoms with Crippen molar-refractivity contribution in [1.29, 1.82) is 0 Å². The summed E-state index contributed by atoms with van der Waals surface area (Å²) in [7, 11) is 0. The van der Waals surface area contributed by atoms with E-state index in [1.807, 2.05) is 17.1 Å². The van der Waals surface area contributed by atoms with E-state index in [0.717, 1.165) is 32.5 Å². The zero-order valence-corrected chi connectivity index (χ0v) is 7.82. The quantitative estimate of drug-likeness (QED) is 0.596. The molecule has 0 aliphatic rings. The van der Waals surface area contributed by atoms with Crippen molar-refractivity contribution in [3.63, 3.8) is 0 Å².